The van der Waals surface area contributed by atoms with Gasteiger partial charge in [-0.1, -0.05) is 24.9 Å². The van der Waals surface area contributed by atoms with Gasteiger partial charge in [-0.05, 0) is 6.42 Å². The van der Waals surface area contributed by atoms with E-state index >= 15 is 0 Å². The number of rotatable bonds is 4. The van der Waals surface area contributed by atoms with Crippen molar-refractivity contribution in [1.29, 1.82) is 0 Å². The van der Waals surface area contributed by atoms with Crippen LogP contribution in [0.1, 0.15) is 19.8 Å². The van der Waals surface area contributed by atoms with Crippen molar-refractivity contribution in [2.75, 3.05) is 6.61 Å². The molecule has 0 amide bonds. The van der Waals surface area contributed by atoms with Gasteiger partial charge in [-0.25, -0.2) is 9.97 Å². The van der Waals surface area contributed by atoms with Crippen LogP contribution in [0.3, 0.4) is 0 Å². The summed E-state index contributed by atoms with van der Waals surface area (Å²) in [6.07, 6.45) is 5.20. The fraction of sp³-hybridized carbons (Fsp3) is 0.500. The molecule has 0 bridgehead atoms. The number of unbranched alkanes of at least 4 members (excludes halogenated alkanes) is 1. The predicted molar refractivity (Wildman–Crippen MR) is 47.4 cm³/mol. The molecule has 0 unspecified atom stereocenters. The van der Waals surface area contributed by atoms with Crippen LogP contribution < -0.4 is 4.74 Å². The molecule has 0 N–H and O–H groups in total. The standard InChI is InChI=1S/C8H11ClN2O/c1-2-3-6-12-8-7(9)10-4-5-11-8/h4-5H,2-3,6H2,1H3. The maximum absolute atomic E-state index is 5.70. The lowest BCUT2D eigenvalue weighted by Gasteiger charge is -2.03. The van der Waals surface area contributed by atoms with Crippen molar-refractivity contribution in [2.45, 2.75) is 19.8 Å². The first-order valence-electron chi connectivity index (χ1n) is 3.94. The SMILES string of the molecule is CCCCOc1nccnc1Cl. The van der Waals surface area contributed by atoms with Crippen LogP contribution in [0.25, 0.3) is 0 Å². The van der Waals surface area contributed by atoms with E-state index in [9.17, 15) is 0 Å². The molecule has 0 atom stereocenters. The van der Waals surface area contributed by atoms with Gasteiger partial charge in [0.25, 0.3) is 5.88 Å². The predicted octanol–water partition coefficient (Wildman–Crippen LogP) is 2.31. The van der Waals surface area contributed by atoms with Gasteiger partial charge in [0.2, 0.25) is 0 Å². The topological polar surface area (TPSA) is 35.0 Å². The maximum atomic E-state index is 5.70. The number of aromatic nitrogens is 2. The Kier molecular flexibility index (Phi) is 3.80. The van der Waals surface area contributed by atoms with E-state index in [1.807, 2.05) is 0 Å². The summed E-state index contributed by atoms with van der Waals surface area (Å²) in [5, 5.41) is 0.327. The molecule has 0 radical (unpaired) electrons. The Morgan fingerprint density at radius 2 is 2.17 bits per heavy atom. The first kappa shape index (κ1) is 9.26. The van der Waals surface area contributed by atoms with Crippen LogP contribution in [0, 0.1) is 0 Å². The first-order valence-corrected chi connectivity index (χ1v) is 4.31. The zero-order valence-corrected chi connectivity index (χ0v) is 7.71. The van der Waals surface area contributed by atoms with Crippen molar-refractivity contribution in [3.8, 4) is 5.88 Å². The van der Waals surface area contributed by atoms with Gasteiger partial charge in [0.1, 0.15) is 0 Å². The summed E-state index contributed by atoms with van der Waals surface area (Å²) >= 11 is 5.70. The van der Waals surface area contributed by atoms with E-state index in [1.165, 1.54) is 6.20 Å². The second kappa shape index (κ2) is 4.93. The van der Waals surface area contributed by atoms with Crippen molar-refractivity contribution in [3.05, 3.63) is 17.5 Å². The van der Waals surface area contributed by atoms with E-state index in [0.29, 0.717) is 17.6 Å². The summed E-state index contributed by atoms with van der Waals surface area (Å²) in [6, 6.07) is 0. The second-order valence-electron chi connectivity index (χ2n) is 2.35. The van der Waals surface area contributed by atoms with Gasteiger partial charge < -0.3 is 4.74 Å². The monoisotopic (exact) mass is 186 g/mol. The lowest BCUT2D eigenvalue weighted by Crippen LogP contribution is -1.99. The highest BCUT2D eigenvalue weighted by Crippen LogP contribution is 2.16. The van der Waals surface area contributed by atoms with E-state index in [4.69, 9.17) is 16.3 Å². The van der Waals surface area contributed by atoms with Crippen molar-refractivity contribution < 1.29 is 4.74 Å². The first-order chi connectivity index (χ1) is 5.84. The molecule has 0 aliphatic heterocycles. The summed E-state index contributed by atoms with van der Waals surface area (Å²) in [5.41, 5.74) is 0. The average Bonchev–Trinajstić information content (AvgIpc) is 2.09. The molecule has 4 heteroatoms. The van der Waals surface area contributed by atoms with Crippen LogP contribution in [-0.4, -0.2) is 16.6 Å². The summed E-state index contributed by atoms with van der Waals surface area (Å²) in [7, 11) is 0. The molecule has 0 saturated carbocycles. The number of hydrogen-bond acceptors (Lipinski definition) is 3. The van der Waals surface area contributed by atoms with Gasteiger partial charge in [0.15, 0.2) is 5.15 Å². The van der Waals surface area contributed by atoms with Gasteiger partial charge >= 0.3 is 0 Å². The highest BCUT2D eigenvalue weighted by Gasteiger charge is 2.01. The van der Waals surface area contributed by atoms with Gasteiger partial charge in [0.05, 0.1) is 6.61 Å². The highest BCUT2D eigenvalue weighted by molar-refractivity contribution is 6.30. The zero-order valence-electron chi connectivity index (χ0n) is 6.96. The Bertz CT molecular complexity index is 242. The highest BCUT2D eigenvalue weighted by atomic mass is 35.5. The number of ether oxygens (including phenoxy) is 1. The van der Waals surface area contributed by atoms with E-state index in [1.54, 1.807) is 6.20 Å². The Morgan fingerprint density at radius 3 is 2.83 bits per heavy atom. The minimum atomic E-state index is 0.327. The minimum Gasteiger partial charge on any atom is -0.475 e. The molecule has 12 heavy (non-hydrogen) atoms. The Balaban J connectivity index is 2.46. The van der Waals surface area contributed by atoms with Crippen LogP contribution >= 0.6 is 11.6 Å². The van der Waals surface area contributed by atoms with Crippen molar-refractivity contribution >= 4 is 11.6 Å². The fourth-order valence-corrected chi connectivity index (χ4v) is 0.878. The molecule has 0 spiro atoms. The normalized spacial score (nSPS) is 9.83. The van der Waals surface area contributed by atoms with Crippen LogP contribution in [0.4, 0.5) is 0 Å². The molecule has 1 heterocycles. The molecule has 0 aromatic carbocycles. The largest absolute Gasteiger partial charge is 0.475 e. The molecule has 66 valence electrons. The lowest BCUT2D eigenvalue weighted by atomic mass is 10.4. The van der Waals surface area contributed by atoms with Crippen LogP contribution in [0.2, 0.25) is 5.15 Å². The zero-order chi connectivity index (χ0) is 8.81. The van der Waals surface area contributed by atoms with Crippen LogP contribution in [-0.2, 0) is 0 Å². The van der Waals surface area contributed by atoms with Gasteiger partial charge in [-0.15, -0.1) is 0 Å². The lowest BCUT2D eigenvalue weighted by molar-refractivity contribution is 0.296. The molecule has 1 aromatic heterocycles. The third kappa shape index (κ3) is 2.66. The van der Waals surface area contributed by atoms with Crippen LogP contribution in [0.5, 0.6) is 5.88 Å². The van der Waals surface area contributed by atoms with Crippen molar-refractivity contribution in [3.63, 3.8) is 0 Å². The molecule has 1 aromatic rings. The number of nitrogens with zero attached hydrogens (tertiary/aromatic N) is 2. The molecular weight excluding hydrogens is 176 g/mol. The number of halogens is 1. The van der Waals surface area contributed by atoms with Gasteiger partial charge in [-0.3, -0.25) is 0 Å². The molecule has 3 nitrogen and oxygen atoms in total. The van der Waals surface area contributed by atoms with E-state index in [2.05, 4.69) is 16.9 Å². The summed E-state index contributed by atoms with van der Waals surface area (Å²) in [4.78, 5) is 7.77. The molecular formula is C8H11ClN2O. The maximum Gasteiger partial charge on any atom is 0.252 e. The molecule has 0 fully saturated rings. The molecule has 0 saturated heterocycles. The van der Waals surface area contributed by atoms with Crippen LogP contribution in [0.15, 0.2) is 12.4 Å². The van der Waals surface area contributed by atoms with Crippen molar-refractivity contribution in [1.82, 2.24) is 9.97 Å². The molecule has 0 aliphatic rings. The Hall–Kier alpha value is -0.830. The van der Waals surface area contributed by atoms with Gasteiger partial charge in [-0.2, -0.15) is 0 Å². The fourth-order valence-electron chi connectivity index (χ4n) is 0.718. The smallest absolute Gasteiger partial charge is 0.252 e. The number of hydrogen-bond donors (Lipinski definition) is 0. The van der Waals surface area contributed by atoms with Gasteiger partial charge in [0, 0.05) is 12.4 Å². The molecule has 1 rings (SSSR count). The third-order valence-corrected chi connectivity index (χ3v) is 1.62. The van der Waals surface area contributed by atoms with E-state index in [-0.39, 0.29) is 0 Å². The summed E-state index contributed by atoms with van der Waals surface area (Å²) in [5.74, 6) is 0.424. The van der Waals surface area contributed by atoms with E-state index in [0.717, 1.165) is 12.8 Å². The summed E-state index contributed by atoms with van der Waals surface area (Å²) in [6.45, 7) is 2.75. The quantitative estimate of drug-likeness (QED) is 0.677. The van der Waals surface area contributed by atoms with E-state index < -0.39 is 0 Å². The Morgan fingerprint density at radius 1 is 1.42 bits per heavy atom. The average molecular weight is 187 g/mol. The van der Waals surface area contributed by atoms with Crippen molar-refractivity contribution in [2.24, 2.45) is 0 Å². The molecule has 0 aliphatic carbocycles. The minimum absolute atomic E-state index is 0.327. The summed E-state index contributed by atoms with van der Waals surface area (Å²) < 4.78 is 5.27. The Labute approximate surface area is 76.7 Å². The second-order valence-corrected chi connectivity index (χ2v) is 2.71. The third-order valence-electron chi connectivity index (χ3n) is 1.36.